The van der Waals surface area contributed by atoms with E-state index in [0.717, 1.165) is 49.0 Å². The van der Waals surface area contributed by atoms with E-state index in [2.05, 4.69) is 32.6 Å². The Labute approximate surface area is 426 Å². The Morgan fingerprint density at radius 1 is 0.466 bits per heavy atom. The number of fused-ring (bicyclic) bond motifs is 9. The second-order valence-electron chi connectivity index (χ2n) is 24.5. The molecule has 13 N–H and O–H groups in total. The van der Waals surface area contributed by atoms with Crippen molar-refractivity contribution in [3.63, 3.8) is 0 Å². The van der Waals surface area contributed by atoms with E-state index >= 15 is 0 Å². The fourth-order valence-electron chi connectivity index (χ4n) is 16.9. The van der Waals surface area contributed by atoms with E-state index in [4.69, 9.17) is 37.9 Å². The molecule has 10 fully saturated rings. The summed E-state index contributed by atoms with van der Waals surface area (Å²) in [5.74, 6) is 4.67. The number of aliphatic hydroxyl groups excluding tert-OH is 13. The SMILES string of the molecule is C[C@@H]1CC[C@@H]2[C@H](C)[C@@H]3[C@@H](C[C@H]4[C@@H]5CC[C@H]6C[C@@H](O[C@H]7O[C@@H](CO)[C@H](O[C@H]8O[C@@H](CO)[C@H](O)[C@@H](O[C@H]9O[C@@H](CO)[C@H](O)[C@@H](O)[C@@H]9O)[C@@H]8O[C@H]8O[C@@H](CO)[C@H](O)[C@@H](O)[C@@H]8O)[C@@H](O)[C@@H]7O)CC[C@]6(C)[C@H]5CC[C@@]34C)N2C1. The molecule has 22 heteroatoms. The molecule has 0 radical (unpaired) electrons. The molecule has 0 aromatic rings. The van der Waals surface area contributed by atoms with E-state index in [9.17, 15) is 66.4 Å². The van der Waals surface area contributed by atoms with Crippen LogP contribution in [0, 0.1) is 52.3 Å². The fraction of sp³-hybridized carbons (Fsp3) is 1.00. The molecule has 6 aliphatic heterocycles. The minimum absolute atomic E-state index is 0.131. The van der Waals surface area contributed by atoms with Crippen molar-refractivity contribution in [3.8, 4) is 0 Å². The van der Waals surface area contributed by atoms with Gasteiger partial charge in [-0.25, -0.2) is 0 Å². The van der Waals surface area contributed by atoms with Gasteiger partial charge in [0.2, 0.25) is 0 Å². The molecule has 6 saturated heterocycles. The highest BCUT2D eigenvalue weighted by molar-refractivity contribution is 5.18. The Kier molecular flexibility index (Phi) is 16.4. The van der Waals surface area contributed by atoms with Crippen LogP contribution in [0.1, 0.15) is 91.9 Å². The van der Waals surface area contributed by atoms with Gasteiger partial charge >= 0.3 is 0 Å². The fourth-order valence-corrected chi connectivity index (χ4v) is 16.9. The van der Waals surface area contributed by atoms with E-state index in [-0.39, 0.29) is 11.5 Å². The normalized spacial score (nSPS) is 57.3. The molecule has 0 bridgehead atoms. The molecule has 73 heavy (non-hydrogen) atoms. The summed E-state index contributed by atoms with van der Waals surface area (Å²) in [4.78, 5) is 2.94. The van der Waals surface area contributed by atoms with Gasteiger partial charge in [-0.2, -0.15) is 0 Å². The molecule has 420 valence electrons. The number of ether oxygens (including phenoxy) is 8. The highest BCUT2D eigenvalue weighted by Gasteiger charge is 2.67. The van der Waals surface area contributed by atoms with Crippen LogP contribution >= 0.6 is 0 Å². The van der Waals surface area contributed by atoms with Crippen LogP contribution in [0.5, 0.6) is 0 Å². The van der Waals surface area contributed by atoms with Gasteiger partial charge in [0.25, 0.3) is 0 Å². The highest BCUT2D eigenvalue weighted by atomic mass is 16.8. The van der Waals surface area contributed by atoms with Gasteiger partial charge < -0.3 is 104 Å². The molecule has 0 aromatic carbocycles. The molecule has 0 amide bonds. The van der Waals surface area contributed by atoms with E-state index in [1.54, 1.807) is 0 Å². The van der Waals surface area contributed by atoms with Crippen LogP contribution < -0.4 is 0 Å². The van der Waals surface area contributed by atoms with E-state index in [0.29, 0.717) is 35.6 Å². The highest BCUT2D eigenvalue weighted by Crippen LogP contribution is 2.71. The first-order valence-corrected chi connectivity index (χ1v) is 27.3. The standard InChI is InChI=1S/C51H85NO21/c1-20-5-8-27-21(2)33-28(52(27)15-20)14-26-24-7-6-22-13-23(9-11-50(22,3)25(24)10-12-51(26,33)4)66-46-42(65)39(62)43(32(19-56)70-46)71-49-45(73-48-41(64)38(61)35(58)30(17-54)68-48)44(36(59)31(18-55)69-49)72-47-40(63)37(60)34(57)29(16-53)67-47/h20-49,53-65H,5-19H2,1-4H3/t20-,21+,22+,23+,24-,25+,26+,27-,28-,29+,30+,31+,32+,33-,34+,35+,36+,37-,38-,39+,40+,41+,42+,43+,44-,45+,46+,47-,48-,49-,50+,51-/m1/s1. The summed E-state index contributed by atoms with van der Waals surface area (Å²) >= 11 is 0. The molecule has 4 aliphatic carbocycles. The van der Waals surface area contributed by atoms with Gasteiger partial charge in [0.15, 0.2) is 25.2 Å². The van der Waals surface area contributed by atoms with Crippen molar-refractivity contribution in [2.24, 2.45) is 52.3 Å². The van der Waals surface area contributed by atoms with Gasteiger partial charge in [-0.15, -0.1) is 0 Å². The Morgan fingerprint density at radius 2 is 1.00 bits per heavy atom. The maximum Gasteiger partial charge on any atom is 0.187 e. The summed E-state index contributed by atoms with van der Waals surface area (Å²) in [6.07, 6.45) is -24.7. The zero-order valence-electron chi connectivity index (χ0n) is 42.5. The minimum atomic E-state index is -2.03. The van der Waals surface area contributed by atoms with Crippen LogP contribution in [-0.2, 0) is 37.9 Å². The molecule has 6 heterocycles. The van der Waals surface area contributed by atoms with Crippen molar-refractivity contribution in [1.82, 2.24) is 4.90 Å². The number of hydrogen-bond acceptors (Lipinski definition) is 22. The van der Waals surface area contributed by atoms with Crippen LogP contribution in [0.3, 0.4) is 0 Å². The lowest BCUT2D eigenvalue weighted by Gasteiger charge is -2.61. The molecule has 0 spiro atoms. The first-order chi connectivity index (χ1) is 34.8. The maximum absolute atomic E-state index is 11.8. The first kappa shape index (κ1) is 55.4. The second kappa shape index (κ2) is 21.6. The minimum Gasteiger partial charge on any atom is -0.394 e. The molecule has 10 rings (SSSR count). The predicted molar refractivity (Wildman–Crippen MR) is 249 cm³/mol. The average Bonchev–Trinajstić information content (AvgIpc) is 3.85. The lowest BCUT2D eigenvalue weighted by molar-refractivity contribution is -0.406. The lowest BCUT2D eigenvalue weighted by Crippen LogP contribution is -2.68. The monoisotopic (exact) mass is 1050 g/mol. The van der Waals surface area contributed by atoms with Crippen molar-refractivity contribution in [2.75, 3.05) is 33.0 Å². The largest absolute Gasteiger partial charge is 0.394 e. The number of piperidine rings is 1. The summed E-state index contributed by atoms with van der Waals surface area (Å²) in [5.41, 5.74) is 0.494. The summed E-state index contributed by atoms with van der Waals surface area (Å²) in [7, 11) is 0. The number of nitrogens with zero attached hydrogens (tertiary/aromatic N) is 1. The summed E-state index contributed by atoms with van der Waals surface area (Å²) in [5, 5.41) is 140. The Hall–Kier alpha value is -0.880. The molecule has 0 unspecified atom stereocenters. The smallest absolute Gasteiger partial charge is 0.187 e. The Balaban J connectivity index is 0.828. The molecular formula is C51H85NO21. The van der Waals surface area contributed by atoms with Crippen molar-refractivity contribution >= 4 is 0 Å². The second-order valence-corrected chi connectivity index (χ2v) is 24.5. The summed E-state index contributed by atoms with van der Waals surface area (Å²) < 4.78 is 48.1. The third-order valence-electron chi connectivity index (χ3n) is 20.7. The third-order valence-corrected chi connectivity index (χ3v) is 20.7. The van der Waals surface area contributed by atoms with Crippen LogP contribution in [0.25, 0.3) is 0 Å². The van der Waals surface area contributed by atoms with Crippen LogP contribution in [0.15, 0.2) is 0 Å². The van der Waals surface area contributed by atoms with Gasteiger partial charge in [-0.05, 0) is 116 Å². The van der Waals surface area contributed by atoms with Crippen molar-refractivity contribution in [3.05, 3.63) is 0 Å². The molecule has 0 aromatic heterocycles. The van der Waals surface area contributed by atoms with Crippen molar-refractivity contribution in [2.45, 2.75) is 233 Å². The topological polar surface area (TPSA) is 340 Å². The van der Waals surface area contributed by atoms with Gasteiger partial charge in [0, 0.05) is 18.6 Å². The van der Waals surface area contributed by atoms with Gasteiger partial charge in [-0.3, -0.25) is 4.90 Å². The quantitative estimate of drug-likeness (QED) is 0.0868. The zero-order valence-corrected chi connectivity index (χ0v) is 42.5. The summed E-state index contributed by atoms with van der Waals surface area (Å²) in [6.45, 7) is 7.97. The molecule has 10 aliphatic rings. The predicted octanol–water partition coefficient (Wildman–Crippen LogP) is -2.97. The zero-order chi connectivity index (χ0) is 52.2. The Bertz CT molecular complexity index is 1860. The third kappa shape index (κ3) is 9.50. The lowest BCUT2D eigenvalue weighted by atomic mass is 9.44. The molecule has 4 saturated carbocycles. The van der Waals surface area contributed by atoms with E-state index < -0.39 is 149 Å². The van der Waals surface area contributed by atoms with Crippen molar-refractivity contribution < 1.29 is 104 Å². The first-order valence-electron chi connectivity index (χ1n) is 27.3. The number of hydrogen-bond donors (Lipinski definition) is 13. The van der Waals surface area contributed by atoms with E-state index in [1.807, 2.05) is 0 Å². The van der Waals surface area contributed by atoms with Crippen LogP contribution in [0.4, 0.5) is 0 Å². The maximum atomic E-state index is 11.8. The number of rotatable bonds is 12. The number of aliphatic hydroxyl groups is 13. The van der Waals surface area contributed by atoms with Crippen LogP contribution in [0.2, 0.25) is 0 Å². The molecular weight excluding hydrogens is 963 g/mol. The van der Waals surface area contributed by atoms with Crippen LogP contribution in [-0.4, -0.2) is 245 Å². The van der Waals surface area contributed by atoms with E-state index in [1.165, 1.54) is 45.1 Å². The van der Waals surface area contributed by atoms with Crippen molar-refractivity contribution in [1.29, 1.82) is 0 Å². The average molecular weight is 1050 g/mol. The van der Waals surface area contributed by atoms with Gasteiger partial charge in [0.1, 0.15) is 97.7 Å². The molecule has 32 atom stereocenters. The van der Waals surface area contributed by atoms with Gasteiger partial charge in [-0.1, -0.05) is 27.7 Å². The van der Waals surface area contributed by atoms with Gasteiger partial charge in [0.05, 0.1) is 32.5 Å². The Morgan fingerprint density at radius 3 is 1.63 bits per heavy atom. The molecule has 22 nitrogen and oxygen atoms in total. The summed E-state index contributed by atoms with van der Waals surface area (Å²) in [6, 6.07) is 1.42.